The summed E-state index contributed by atoms with van der Waals surface area (Å²) >= 11 is 0. The van der Waals surface area contributed by atoms with Gasteiger partial charge in [-0.2, -0.15) is 0 Å². The molecule has 1 aromatic heterocycles. The Balaban J connectivity index is 1.93. The summed E-state index contributed by atoms with van der Waals surface area (Å²) in [5, 5.41) is 0. The molecule has 178 valence electrons. The summed E-state index contributed by atoms with van der Waals surface area (Å²) in [6.45, 7) is 5.12. The predicted octanol–water partition coefficient (Wildman–Crippen LogP) is 4.48. The first kappa shape index (κ1) is 24.7. The fraction of sp³-hybridized carbons (Fsp3) is 0.269. The third-order valence-electron chi connectivity index (χ3n) is 5.42. The number of aryl methyl sites for hydroxylation is 1. The molecule has 3 aromatic rings. The summed E-state index contributed by atoms with van der Waals surface area (Å²) in [7, 11) is 1.50. The van der Waals surface area contributed by atoms with Gasteiger partial charge in [0.1, 0.15) is 17.3 Å². The van der Waals surface area contributed by atoms with Gasteiger partial charge in [0.15, 0.2) is 5.78 Å². The maximum Gasteiger partial charge on any atom is 0.355 e. The molecule has 0 fully saturated rings. The van der Waals surface area contributed by atoms with Crippen molar-refractivity contribution in [1.29, 1.82) is 0 Å². The average Bonchev–Trinajstić information content (AvgIpc) is 3.13. The van der Waals surface area contributed by atoms with Gasteiger partial charge < -0.3 is 19.4 Å². The summed E-state index contributed by atoms with van der Waals surface area (Å²) in [5.74, 6) is -1.14. The zero-order chi connectivity index (χ0) is 24.8. The molecule has 34 heavy (non-hydrogen) atoms. The van der Waals surface area contributed by atoms with Crippen LogP contribution in [0.1, 0.15) is 54.9 Å². The molecule has 3 rings (SSSR count). The van der Waals surface area contributed by atoms with Gasteiger partial charge in [-0.15, -0.1) is 0 Å². The van der Waals surface area contributed by atoms with E-state index in [0.29, 0.717) is 33.7 Å². The van der Waals surface area contributed by atoms with Crippen molar-refractivity contribution in [3.8, 4) is 5.75 Å². The van der Waals surface area contributed by atoms with Gasteiger partial charge in [0, 0.05) is 23.4 Å². The number of benzene rings is 2. The van der Waals surface area contributed by atoms with E-state index < -0.39 is 11.8 Å². The molecule has 0 aliphatic carbocycles. The maximum absolute atomic E-state index is 13.4. The molecule has 2 aromatic carbocycles. The number of H-pyrrole nitrogens is 1. The zero-order valence-corrected chi connectivity index (χ0v) is 19.6. The van der Waals surface area contributed by atoms with E-state index in [4.69, 9.17) is 9.47 Å². The van der Waals surface area contributed by atoms with Gasteiger partial charge in [-0.05, 0) is 62.2 Å². The summed E-state index contributed by atoms with van der Waals surface area (Å²) in [6, 6.07) is 12.4. The van der Waals surface area contributed by atoms with Crippen LogP contribution >= 0.6 is 0 Å². The lowest BCUT2D eigenvalue weighted by molar-refractivity contribution is 0.0519. The molecule has 8 heteroatoms. The second-order valence-corrected chi connectivity index (χ2v) is 7.79. The van der Waals surface area contributed by atoms with Gasteiger partial charge in [-0.3, -0.25) is 9.59 Å². The molecule has 0 aliphatic heterocycles. The van der Waals surface area contributed by atoms with Crippen LogP contribution < -0.4 is 4.74 Å². The van der Waals surface area contributed by atoms with Crippen molar-refractivity contribution < 1.29 is 28.2 Å². The van der Waals surface area contributed by atoms with Crippen molar-refractivity contribution >= 4 is 17.7 Å². The average molecular weight is 467 g/mol. The molecule has 0 radical (unpaired) electrons. The number of nitrogens with one attached hydrogen (secondary N) is 1. The summed E-state index contributed by atoms with van der Waals surface area (Å²) in [5.41, 5.74) is 2.55. The minimum atomic E-state index is -0.544. The van der Waals surface area contributed by atoms with E-state index in [9.17, 15) is 18.8 Å². The number of hydrogen-bond acceptors (Lipinski definition) is 5. The smallest absolute Gasteiger partial charge is 0.355 e. The van der Waals surface area contributed by atoms with E-state index in [2.05, 4.69) is 4.98 Å². The highest BCUT2D eigenvalue weighted by Crippen LogP contribution is 2.22. The second kappa shape index (κ2) is 10.8. The Hall–Kier alpha value is -3.94. The number of amides is 1. The van der Waals surface area contributed by atoms with Crippen molar-refractivity contribution in [1.82, 2.24) is 9.88 Å². The Bertz CT molecular complexity index is 1200. The van der Waals surface area contributed by atoms with E-state index in [-0.39, 0.29) is 37.1 Å². The number of esters is 1. The first-order chi connectivity index (χ1) is 16.2. The normalized spacial score (nSPS) is 10.6. The van der Waals surface area contributed by atoms with Crippen LogP contribution in [0.4, 0.5) is 4.39 Å². The number of ketones is 1. The second-order valence-electron chi connectivity index (χ2n) is 7.79. The van der Waals surface area contributed by atoms with Crippen molar-refractivity contribution in [3.05, 3.63) is 88.0 Å². The SMILES string of the molecule is CCOC(=O)c1[nH]c(C)c(C(=O)CN(Cc2ccc(F)cc2)C(=O)c2cccc(OC)c2)c1C. The monoisotopic (exact) mass is 466 g/mol. The molecular formula is C26H27FN2O5. The number of nitrogens with zero attached hydrogens (tertiary/aromatic N) is 1. The lowest BCUT2D eigenvalue weighted by Crippen LogP contribution is -2.35. The highest BCUT2D eigenvalue weighted by Gasteiger charge is 2.26. The number of halogens is 1. The van der Waals surface area contributed by atoms with Crippen molar-refractivity contribution in [2.45, 2.75) is 27.3 Å². The molecule has 7 nitrogen and oxygen atoms in total. The molecule has 0 unspecified atom stereocenters. The van der Waals surface area contributed by atoms with Crippen molar-refractivity contribution in [2.75, 3.05) is 20.3 Å². The molecule has 0 saturated heterocycles. The highest BCUT2D eigenvalue weighted by molar-refractivity contribution is 6.05. The number of carbonyl (C=O) groups is 3. The number of hydrogen-bond donors (Lipinski definition) is 1. The molecule has 1 N–H and O–H groups in total. The van der Waals surface area contributed by atoms with E-state index in [1.807, 2.05) is 0 Å². The van der Waals surface area contributed by atoms with Crippen LogP contribution in [0.2, 0.25) is 0 Å². The van der Waals surface area contributed by atoms with E-state index in [1.165, 1.54) is 24.1 Å². The maximum atomic E-state index is 13.4. The van der Waals surface area contributed by atoms with Crippen LogP contribution in [0.5, 0.6) is 5.75 Å². The number of aromatic nitrogens is 1. The molecule has 1 heterocycles. The third kappa shape index (κ3) is 5.51. The number of methoxy groups -OCH3 is 1. The number of rotatable bonds is 9. The van der Waals surface area contributed by atoms with Crippen LogP contribution in [-0.2, 0) is 11.3 Å². The van der Waals surface area contributed by atoms with Crippen LogP contribution in [-0.4, -0.2) is 47.8 Å². The zero-order valence-electron chi connectivity index (χ0n) is 19.6. The fourth-order valence-corrected chi connectivity index (χ4v) is 3.78. The lowest BCUT2D eigenvalue weighted by Gasteiger charge is -2.23. The topological polar surface area (TPSA) is 88.7 Å². The van der Waals surface area contributed by atoms with Crippen LogP contribution in [0, 0.1) is 19.7 Å². The van der Waals surface area contributed by atoms with Crippen LogP contribution in [0.25, 0.3) is 0 Å². The third-order valence-corrected chi connectivity index (χ3v) is 5.42. The Labute approximate surface area is 197 Å². The quantitative estimate of drug-likeness (QED) is 0.371. The molecule has 1 amide bonds. The van der Waals surface area contributed by atoms with Gasteiger partial charge >= 0.3 is 5.97 Å². The Morgan fingerprint density at radius 1 is 1.06 bits per heavy atom. The molecule has 0 bridgehead atoms. The summed E-state index contributed by atoms with van der Waals surface area (Å²) in [6.07, 6.45) is 0. The van der Waals surface area contributed by atoms with Crippen molar-refractivity contribution in [2.24, 2.45) is 0 Å². The van der Waals surface area contributed by atoms with E-state index in [0.717, 1.165) is 0 Å². The molecular weight excluding hydrogens is 439 g/mol. The highest BCUT2D eigenvalue weighted by atomic mass is 19.1. The Morgan fingerprint density at radius 2 is 1.76 bits per heavy atom. The molecule has 0 spiro atoms. The van der Waals surface area contributed by atoms with Crippen LogP contribution in [0.3, 0.4) is 0 Å². The predicted molar refractivity (Wildman–Crippen MR) is 125 cm³/mol. The lowest BCUT2D eigenvalue weighted by atomic mass is 10.0. The minimum absolute atomic E-state index is 0.0926. The fourth-order valence-electron chi connectivity index (χ4n) is 3.78. The first-order valence-electron chi connectivity index (χ1n) is 10.8. The summed E-state index contributed by atoms with van der Waals surface area (Å²) in [4.78, 5) is 43.3. The van der Waals surface area contributed by atoms with Gasteiger partial charge in [-0.25, -0.2) is 9.18 Å². The number of Topliss-reactive ketones (excluding diaryl/α,β-unsaturated/α-hetero) is 1. The van der Waals surface area contributed by atoms with E-state index >= 15 is 0 Å². The van der Waals surface area contributed by atoms with Crippen molar-refractivity contribution in [3.63, 3.8) is 0 Å². The standard InChI is InChI=1S/C26H27FN2O5/c1-5-34-26(32)24-16(2)23(17(3)28-24)22(30)15-29(14-18-9-11-20(27)12-10-18)25(31)19-7-6-8-21(13-19)33-4/h6-13,28H,5,14-15H2,1-4H3. The largest absolute Gasteiger partial charge is 0.497 e. The van der Waals surface area contributed by atoms with Gasteiger partial charge in [0.05, 0.1) is 20.3 Å². The molecule has 0 aliphatic rings. The van der Waals surface area contributed by atoms with Gasteiger partial charge in [0.2, 0.25) is 0 Å². The van der Waals surface area contributed by atoms with Gasteiger partial charge in [-0.1, -0.05) is 18.2 Å². The summed E-state index contributed by atoms with van der Waals surface area (Å²) < 4.78 is 23.7. The van der Waals surface area contributed by atoms with E-state index in [1.54, 1.807) is 57.2 Å². The molecule has 0 saturated carbocycles. The number of carbonyl (C=O) groups excluding carboxylic acids is 3. The van der Waals surface area contributed by atoms with Crippen LogP contribution in [0.15, 0.2) is 48.5 Å². The minimum Gasteiger partial charge on any atom is -0.497 e. The number of aromatic amines is 1. The first-order valence-corrected chi connectivity index (χ1v) is 10.8. The number of ether oxygens (including phenoxy) is 2. The Morgan fingerprint density at radius 3 is 2.41 bits per heavy atom. The van der Waals surface area contributed by atoms with Gasteiger partial charge in [0.25, 0.3) is 5.91 Å². The molecule has 0 atom stereocenters. The Kier molecular flexibility index (Phi) is 7.83.